The highest BCUT2D eigenvalue weighted by Gasteiger charge is 2.35. The molecule has 1 atom stereocenters. The van der Waals surface area contributed by atoms with Crippen molar-refractivity contribution in [2.75, 3.05) is 11.9 Å². The molecule has 0 bridgehead atoms. The summed E-state index contributed by atoms with van der Waals surface area (Å²) in [5.74, 6) is -0.341. The smallest absolute Gasteiger partial charge is 0.264 e. The second-order valence-corrected chi connectivity index (χ2v) is 7.04. The van der Waals surface area contributed by atoms with Crippen molar-refractivity contribution in [2.45, 2.75) is 18.9 Å². The predicted molar refractivity (Wildman–Crippen MR) is 93.5 cm³/mol. The zero-order valence-corrected chi connectivity index (χ0v) is 14.4. The first-order valence-electron chi connectivity index (χ1n) is 7.16. The van der Waals surface area contributed by atoms with Gasteiger partial charge in [0.1, 0.15) is 6.04 Å². The molecule has 2 aromatic rings. The predicted octanol–water partition coefficient (Wildman–Crippen LogP) is 4.30. The van der Waals surface area contributed by atoms with E-state index in [0.717, 1.165) is 6.42 Å². The van der Waals surface area contributed by atoms with Crippen molar-refractivity contribution in [1.82, 2.24) is 4.90 Å². The number of carbonyl (C=O) groups is 2. The number of thiophene rings is 1. The van der Waals surface area contributed by atoms with Gasteiger partial charge in [-0.05, 0) is 42.5 Å². The van der Waals surface area contributed by atoms with E-state index in [9.17, 15) is 9.59 Å². The topological polar surface area (TPSA) is 49.4 Å². The van der Waals surface area contributed by atoms with Gasteiger partial charge < -0.3 is 10.2 Å². The summed E-state index contributed by atoms with van der Waals surface area (Å²) < 4.78 is 0. The van der Waals surface area contributed by atoms with E-state index in [1.165, 1.54) is 11.3 Å². The van der Waals surface area contributed by atoms with E-state index in [0.29, 0.717) is 33.6 Å². The molecule has 1 N–H and O–H groups in total. The van der Waals surface area contributed by atoms with E-state index in [4.69, 9.17) is 23.2 Å². The first-order valence-corrected chi connectivity index (χ1v) is 8.80. The molecule has 4 nitrogen and oxygen atoms in total. The van der Waals surface area contributed by atoms with E-state index in [-0.39, 0.29) is 11.8 Å². The molecular weight excluding hydrogens is 355 g/mol. The molecular formula is C16H14Cl2N2O2S. The summed E-state index contributed by atoms with van der Waals surface area (Å²) in [4.78, 5) is 27.3. The van der Waals surface area contributed by atoms with Gasteiger partial charge in [0.25, 0.3) is 5.91 Å². The van der Waals surface area contributed by atoms with Crippen molar-refractivity contribution in [3.63, 3.8) is 0 Å². The summed E-state index contributed by atoms with van der Waals surface area (Å²) in [7, 11) is 0. The third-order valence-corrected chi connectivity index (χ3v) is 5.16. The molecule has 3 rings (SSSR count). The molecule has 1 saturated heterocycles. The normalized spacial score (nSPS) is 17.3. The van der Waals surface area contributed by atoms with Crippen LogP contribution in [0.15, 0.2) is 35.7 Å². The van der Waals surface area contributed by atoms with Crippen molar-refractivity contribution in [2.24, 2.45) is 0 Å². The Bertz CT molecular complexity index is 734. The largest absolute Gasteiger partial charge is 0.326 e. The van der Waals surface area contributed by atoms with E-state index >= 15 is 0 Å². The zero-order chi connectivity index (χ0) is 16.4. The second-order valence-electron chi connectivity index (χ2n) is 5.25. The molecule has 1 unspecified atom stereocenters. The minimum Gasteiger partial charge on any atom is -0.326 e. The van der Waals surface area contributed by atoms with Crippen molar-refractivity contribution in [3.05, 3.63) is 50.6 Å². The monoisotopic (exact) mass is 368 g/mol. The highest BCUT2D eigenvalue weighted by Crippen LogP contribution is 2.28. The molecule has 1 aliphatic heterocycles. The van der Waals surface area contributed by atoms with Crippen molar-refractivity contribution in [1.29, 1.82) is 0 Å². The number of hydrogen-bond acceptors (Lipinski definition) is 3. The van der Waals surface area contributed by atoms with Gasteiger partial charge in [-0.3, -0.25) is 9.59 Å². The summed E-state index contributed by atoms with van der Waals surface area (Å²) >= 11 is 13.4. The number of amides is 2. The lowest BCUT2D eigenvalue weighted by Crippen LogP contribution is -2.43. The molecule has 0 aliphatic carbocycles. The van der Waals surface area contributed by atoms with Crippen LogP contribution in [0.1, 0.15) is 22.5 Å². The van der Waals surface area contributed by atoms with Crippen LogP contribution in [-0.4, -0.2) is 29.3 Å². The van der Waals surface area contributed by atoms with Gasteiger partial charge in [0, 0.05) is 11.6 Å². The maximum Gasteiger partial charge on any atom is 0.264 e. The van der Waals surface area contributed by atoms with Gasteiger partial charge in [0.05, 0.1) is 15.6 Å². The van der Waals surface area contributed by atoms with E-state index in [1.807, 2.05) is 11.4 Å². The van der Waals surface area contributed by atoms with Crippen LogP contribution in [0.3, 0.4) is 0 Å². The number of nitrogens with zero attached hydrogens (tertiary/aromatic N) is 1. The van der Waals surface area contributed by atoms with Gasteiger partial charge in [-0.25, -0.2) is 0 Å². The number of halogens is 2. The van der Waals surface area contributed by atoms with E-state index in [1.54, 1.807) is 29.2 Å². The number of nitrogens with one attached hydrogen (secondary N) is 1. The van der Waals surface area contributed by atoms with Crippen LogP contribution in [0.25, 0.3) is 0 Å². The molecule has 1 aromatic carbocycles. The molecule has 1 aliphatic rings. The average Bonchev–Trinajstić information content (AvgIpc) is 3.20. The van der Waals surface area contributed by atoms with Gasteiger partial charge in [-0.1, -0.05) is 29.3 Å². The Labute approximate surface area is 148 Å². The fourth-order valence-corrected chi connectivity index (χ4v) is 3.65. The summed E-state index contributed by atoms with van der Waals surface area (Å²) in [6.07, 6.45) is 1.44. The van der Waals surface area contributed by atoms with Crippen LogP contribution in [0.4, 0.5) is 5.69 Å². The second kappa shape index (κ2) is 6.91. The third-order valence-electron chi connectivity index (χ3n) is 3.73. The van der Waals surface area contributed by atoms with Crippen LogP contribution in [0, 0.1) is 0 Å². The fourth-order valence-electron chi connectivity index (χ4n) is 2.63. The van der Waals surface area contributed by atoms with Crippen molar-refractivity contribution < 1.29 is 9.59 Å². The Morgan fingerprint density at radius 1 is 1.26 bits per heavy atom. The molecule has 2 amide bonds. The number of carbonyl (C=O) groups excluding carboxylic acids is 2. The lowest BCUT2D eigenvalue weighted by molar-refractivity contribution is -0.119. The number of benzene rings is 1. The Kier molecular flexibility index (Phi) is 4.90. The molecule has 120 valence electrons. The summed E-state index contributed by atoms with van der Waals surface area (Å²) in [5, 5.41) is 5.53. The fraction of sp³-hybridized carbons (Fsp3) is 0.250. The first-order chi connectivity index (χ1) is 11.1. The number of anilines is 1. The highest BCUT2D eigenvalue weighted by molar-refractivity contribution is 7.12. The molecule has 1 aromatic heterocycles. The standard InChI is InChI=1S/C16H14Cl2N2O2S/c17-10-5-6-11(18)12(9-10)19-15(21)13-3-1-7-20(13)16(22)14-4-2-8-23-14/h2,4-6,8-9,13H,1,3,7H2,(H,19,21). The van der Waals surface area contributed by atoms with Crippen LogP contribution in [0.2, 0.25) is 10.0 Å². The number of rotatable bonds is 3. The number of likely N-dealkylation sites (tertiary alicyclic amines) is 1. The van der Waals surface area contributed by atoms with Gasteiger partial charge in [0.15, 0.2) is 0 Å². The maximum absolute atomic E-state index is 12.6. The molecule has 1 fully saturated rings. The molecule has 0 spiro atoms. The minimum atomic E-state index is -0.486. The molecule has 0 radical (unpaired) electrons. The quantitative estimate of drug-likeness (QED) is 0.877. The Morgan fingerprint density at radius 2 is 2.09 bits per heavy atom. The summed E-state index contributed by atoms with van der Waals surface area (Å²) in [6, 6.07) is 8.00. The Balaban J connectivity index is 1.76. The molecule has 0 saturated carbocycles. The zero-order valence-electron chi connectivity index (χ0n) is 12.1. The maximum atomic E-state index is 12.6. The lowest BCUT2D eigenvalue weighted by Gasteiger charge is -2.23. The highest BCUT2D eigenvalue weighted by atomic mass is 35.5. The summed E-state index contributed by atoms with van der Waals surface area (Å²) in [6.45, 7) is 0.581. The average molecular weight is 369 g/mol. The van der Waals surface area contributed by atoms with Crippen LogP contribution >= 0.6 is 34.5 Å². The number of hydrogen-bond donors (Lipinski definition) is 1. The van der Waals surface area contributed by atoms with Gasteiger partial charge in [-0.2, -0.15) is 0 Å². The van der Waals surface area contributed by atoms with Gasteiger partial charge in [-0.15, -0.1) is 11.3 Å². The van der Waals surface area contributed by atoms with E-state index < -0.39 is 6.04 Å². The van der Waals surface area contributed by atoms with E-state index in [2.05, 4.69) is 5.32 Å². The SMILES string of the molecule is O=C(Nc1cc(Cl)ccc1Cl)C1CCCN1C(=O)c1cccs1. The van der Waals surface area contributed by atoms with Crippen LogP contribution in [0.5, 0.6) is 0 Å². The molecule has 2 heterocycles. The van der Waals surface area contributed by atoms with Crippen LogP contribution < -0.4 is 5.32 Å². The third kappa shape index (κ3) is 3.52. The van der Waals surface area contributed by atoms with Crippen LogP contribution in [-0.2, 0) is 4.79 Å². The Hall–Kier alpha value is -1.56. The van der Waals surface area contributed by atoms with Crippen molar-refractivity contribution in [3.8, 4) is 0 Å². The van der Waals surface area contributed by atoms with Gasteiger partial charge >= 0.3 is 0 Å². The first kappa shape index (κ1) is 16.3. The molecule has 23 heavy (non-hydrogen) atoms. The molecule has 7 heteroatoms. The van der Waals surface area contributed by atoms with Gasteiger partial charge in [0.2, 0.25) is 5.91 Å². The minimum absolute atomic E-state index is 0.102. The Morgan fingerprint density at radius 3 is 2.83 bits per heavy atom. The lowest BCUT2D eigenvalue weighted by atomic mass is 10.2. The van der Waals surface area contributed by atoms with Crippen molar-refractivity contribution >= 4 is 52.0 Å². The summed E-state index contributed by atoms with van der Waals surface area (Å²) in [5.41, 5.74) is 0.458.